The van der Waals surface area contributed by atoms with E-state index >= 15 is 0 Å². The van der Waals surface area contributed by atoms with Crippen LogP contribution in [-0.2, 0) is 14.4 Å². The van der Waals surface area contributed by atoms with E-state index in [1.54, 1.807) is 12.1 Å². The molecule has 3 heterocycles. The molecule has 2 aliphatic rings. The number of nitrogens with zero attached hydrogens (tertiary/aromatic N) is 1. The number of amides is 2. The molecule has 11 heteroatoms. The molecule has 1 fully saturated rings. The second kappa shape index (κ2) is 8.99. The van der Waals surface area contributed by atoms with Crippen LogP contribution in [0.15, 0.2) is 28.0 Å². The van der Waals surface area contributed by atoms with Crippen molar-refractivity contribution in [3.8, 4) is 11.5 Å². The molecular formula is C21H22N2O7S2. The number of likely N-dealkylation sites (tertiary alicyclic amines) is 1. The number of unbranched alkanes of at least 4 members (excludes halogenated alkanes) is 2. The number of phenols is 1. The van der Waals surface area contributed by atoms with Gasteiger partial charge in [0, 0.05) is 23.8 Å². The molecule has 0 unspecified atom stereocenters. The van der Waals surface area contributed by atoms with E-state index in [9.17, 15) is 24.3 Å². The molecule has 2 aromatic rings. The first-order chi connectivity index (χ1) is 15.3. The highest BCUT2D eigenvalue weighted by Gasteiger charge is 2.55. The van der Waals surface area contributed by atoms with Gasteiger partial charge in [0.25, 0.3) is 0 Å². The number of nitrogens with one attached hydrogen (secondary N) is 1. The number of fused-ring (bicyclic) bond motifs is 2. The summed E-state index contributed by atoms with van der Waals surface area (Å²) in [7, 11) is 1.43. The smallest absolute Gasteiger partial charge is 0.305 e. The number of thioether (sulfide) groups is 1. The first-order valence-corrected chi connectivity index (χ1v) is 11.8. The zero-order valence-corrected chi connectivity index (χ0v) is 18.8. The van der Waals surface area contributed by atoms with Crippen molar-refractivity contribution >= 4 is 40.9 Å². The SMILES string of the molecule is COc1cc([C@@H]2c3sc(=O)[nH]c3S[C@H]3C(=O)N(CCCCCC(=O)O)C(=O)[C@H]23)ccc1O. The molecule has 32 heavy (non-hydrogen) atoms. The lowest BCUT2D eigenvalue weighted by Crippen LogP contribution is -2.33. The maximum atomic E-state index is 13.4. The highest BCUT2D eigenvalue weighted by atomic mass is 32.2. The predicted octanol–water partition coefficient (Wildman–Crippen LogP) is 2.39. The minimum absolute atomic E-state index is 0.0442. The number of H-pyrrole nitrogens is 1. The lowest BCUT2D eigenvalue weighted by Gasteiger charge is -2.30. The second-order valence-corrected chi connectivity index (χ2v) is 9.88. The van der Waals surface area contributed by atoms with Gasteiger partial charge in [-0.3, -0.25) is 24.1 Å². The summed E-state index contributed by atoms with van der Waals surface area (Å²) in [5.41, 5.74) is 0.677. The number of carbonyl (C=O) groups is 3. The summed E-state index contributed by atoms with van der Waals surface area (Å²) >= 11 is 2.23. The summed E-state index contributed by atoms with van der Waals surface area (Å²) in [4.78, 5) is 53.7. The molecule has 1 aromatic heterocycles. The first-order valence-electron chi connectivity index (χ1n) is 10.2. The van der Waals surface area contributed by atoms with E-state index in [1.165, 1.54) is 29.8 Å². The van der Waals surface area contributed by atoms with Crippen molar-refractivity contribution in [3.63, 3.8) is 0 Å². The Morgan fingerprint density at radius 2 is 1.97 bits per heavy atom. The zero-order valence-electron chi connectivity index (χ0n) is 17.2. The summed E-state index contributed by atoms with van der Waals surface area (Å²) in [5.74, 6) is -2.46. The van der Waals surface area contributed by atoms with Gasteiger partial charge in [0.2, 0.25) is 11.8 Å². The number of hydrogen-bond donors (Lipinski definition) is 3. The topological polar surface area (TPSA) is 137 Å². The van der Waals surface area contributed by atoms with E-state index in [1.807, 2.05) is 0 Å². The van der Waals surface area contributed by atoms with Crippen LogP contribution in [0.4, 0.5) is 0 Å². The minimum atomic E-state index is -0.868. The van der Waals surface area contributed by atoms with Crippen molar-refractivity contribution in [2.75, 3.05) is 13.7 Å². The molecule has 9 nitrogen and oxygen atoms in total. The number of aromatic amines is 1. The molecular weight excluding hydrogens is 456 g/mol. The number of aliphatic carboxylic acids is 1. The van der Waals surface area contributed by atoms with E-state index in [0.717, 1.165) is 11.3 Å². The van der Waals surface area contributed by atoms with Crippen LogP contribution in [0.1, 0.15) is 42.0 Å². The fraction of sp³-hybridized carbons (Fsp3) is 0.429. The van der Waals surface area contributed by atoms with Crippen molar-refractivity contribution in [2.45, 2.75) is 41.9 Å². The van der Waals surface area contributed by atoms with Crippen molar-refractivity contribution in [1.82, 2.24) is 9.88 Å². The highest BCUT2D eigenvalue weighted by Crippen LogP contribution is 2.53. The molecule has 1 saturated heterocycles. The number of phenolic OH excluding ortho intramolecular Hbond substituents is 1. The molecule has 4 rings (SSSR count). The van der Waals surface area contributed by atoms with Gasteiger partial charge in [-0.15, -0.1) is 0 Å². The Hall–Kier alpha value is -2.79. The van der Waals surface area contributed by atoms with Crippen LogP contribution in [-0.4, -0.2) is 56.8 Å². The Morgan fingerprint density at radius 1 is 1.19 bits per heavy atom. The Balaban J connectivity index is 1.64. The Bertz CT molecular complexity index is 1130. The fourth-order valence-corrected chi connectivity index (χ4v) is 6.80. The Labute approximate surface area is 191 Å². The molecule has 0 spiro atoms. The predicted molar refractivity (Wildman–Crippen MR) is 117 cm³/mol. The summed E-state index contributed by atoms with van der Waals surface area (Å²) in [6, 6.07) is 4.78. The highest BCUT2D eigenvalue weighted by molar-refractivity contribution is 8.00. The molecule has 2 amide bonds. The lowest BCUT2D eigenvalue weighted by atomic mass is 9.83. The average Bonchev–Trinajstić information content (AvgIpc) is 3.24. The molecule has 0 aliphatic carbocycles. The summed E-state index contributed by atoms with van der Waals surface area (Å²) in [6.45, 7) is 0.237. The van der Waals surface area contributed by atoms with Gasteiger partial charge in [0.15, 0.2) is 11.5 Å². The van der Waals surface area contributed by atoms with Gasteiger partial charge in [-0.1, -0.05) is 35.6 Å². The van der Waals surface area contributed by atoms with Crippen molar-refractivity contribution in [3.05, 3.63) is 38.3 Å². The number of carboxylic acids is 1. The van der Waals surface area contributed by atoms with E-state index in [0.29, 0.717) is 34.7 Å². The molecule has 3 atom stereocenters. The molecule has 0 radical (unpaired) electrons. The first kappa shape index (κ1) is 22.4. The average molecular weight is 479 g/mol. The van der Waals surface area contributed by atoms with Crippen LogP contribution in [0.2, 0.25) is 0 Å². The summed E-state index contributed by atoms with van der Waals surface area (Å²) in [5, 5.41) is 18.7. The third-order valence-corrected chi connectivity index (χ3v) is 8.15. The Kier molecular flexibility index (Phi) is 6.29. The lowest BCUT2D eigenvalue weighted by molar-refractivity contribution is -0.140. The van der Waals surface area contributed by atoms with Gasteiger partial charge in [0.1, 0.15) is 5.25 Å². The van der Waals surface area contributed by atoms with Crippen LogP contribution >= 0.6 is 23.1 Å². The number of imide groups is 1. The standard InChI is InChI=1S/C21H22N2O7S2/c1-30-12-9-10(6-7-11(12)24)14-15-17(31-18-16(14)32-21(29)22-18)20(28)23(19(15)27)8-4-2-3-5-13(25)26/h6-7,9,14-15,17,24H,2-5,8H2,1H3,(H,22,29)(H,25,26)/t14-,15+,17+/m0/s1. The number of hydrogen-bond acceptors (Lipinski definition) is 8. The number of carbonyl (C=O) groups excluding carboxylic acids is 2. The van der Waals surface area contributed by atoms with Crippen LogP contribution in [0.25, 0.3) is 0 Å². The number of ether oxygens (including phenoxy) is 1. The molecule has 1 aromatic carbocycles. The molecule has 3 N–H and O–H groups in total. The zero-order chi connectivity index (χ0) is 23.0. The van der Waals surface area contributed by atoms with Gasteiger partial charge in [-0.2, -0.15) is 0 Å². The van der Waals surface area contributed by atoms with Gasteiger partial charge in [-0.05, 0) is 30.5 Å². The van der Waals surface area contributed by atoms with Gasteiger partial charge >= 0.3 is 10.8 Å². The number of methoxy groups -OCH3 is 1. The molecule has 0 saturated carbocycles. The van der Waals surface area contributed by atoms with Crippen LogP contribution in [0.3, 0.4) is 0 Å². The summed E-state index contributed by atoms with van der Waals surface area (Å²) < 4.78 is 5.22. The number of rotatable bonds is 8. The maximum absolute atomic E-state index is 13.4. The number of aromatic nitrogens is 1. The number of aromatic hydroxyl groups is 1. The quantitative estimate of drug-likeness (QED) is 0.389. The summed E-state index contributed by atoms with van der Waals surface area (Å²) in [6.07, 6.45) is 1.68. The third-order valence-electron chi connectivity index (χ3n) is 5.75. The van der Waals surface area contributed by atoms with Gasteiger partial charge in [-0.25, -0.2) is 0 Å². The van der Waals surface area contributed by atoms with Crippen molar-refractivity contribution in [1.29, 1.82) is 0 Å². The van der Waals surface area contributed by atoms with E-state index in [-0.39, 0.29) is 41.2 Å². The monoisotopic (exact) mass is 478 g/mol. The maximum Gasteiger partial charge on any atom is 0.305 e. The molecule has 0 bridgehead atoms. The Morgan fingerprint density at radius 3 is 2.69 bits per heavy atom. The van der Waals surface area contributed by atoms with Crippen LogP contribution < -0.4 is 9.61 Å². The van der Waals surface area contributed by atoms with Gasteiger partial charge < -0.3 is 19.9 Å². The van der Waals surface area contributed by atoms with Crippen molar-refractivity contribution < 1.29 is 29.3 Å². The minimum Gasteiger partial charge on any atom is -0.504 e. The van der Waals surface area contributed by atoms with E-state index < -0.39 is 23.1 Å². The van der Waals surface area contributed by atoms with Crippen LogP contribution in [0, 0.1) is 5.92 Å². The van der Waals surface area contributed by atoms with E-state index in [4.69, 9.17) is 9.84 Å². The van der Waals surface area contributed by atoms with Crippen molar-refractivity contribution in [2.24, 2.45) is 5.92 Å². The third kappa shape index (κ3) is 4.02. The van der Waals surface area contributed by atoms with Gasteiger partial charge in [0.05, 0.1) is 18.1 Å². The normalized spacial score (nSPS) is 22.0. The molecule has 170 valence electrons. The van der Waals surface area contributed by atoms with E-state index in [2.05, 4.69) is 4.98 Å². The number of carboxylic acid groups (broad SMARTS) is 1. The second-order valence-electron chi connectivity index (χ2n) is 7.71. The number of thiazole rings is 1. The molecule has 2 aliphatic heterocycles. The van der Waals surface area contributed by atoms with Crippen LogP contribution in [0.5, 0.6) is 11.5 Å². The largest absolute Gasteiger partial charge is 0.504 e. The number of benzene rings is 1. The fourth-order valence-electron chi connectivity index (χ4n) is 4.26.